The summed E-state index contributed by atoms with van der Waals surface area (Å²) in [6.07, 6.45) is 7.67. The molecule has 2 aliphatic rings. The van der Waals surface area contributed by atoms with Crippen molar-refractivity contribution in [3.05, 3.63) is 64.9 Å². The monoisotopic (exact) mass is 369 g/mol. The molecule has 0 N–H and O–H groups in total. The van der Waals surface area contributed by atoms with Crippen LogP contribution in [0.4, 0.5) is 0 Å². The first kappa shape index (κ1) is 17.5. The van der Waals surface area contributed by atoms with Gasteiger partial charge in [0.2, 0.25) is 5.91 Å². The molecule has 2 aliphatic heterocycles. The van der Waals surface area contributed by atoms with Crippen molar-refractivity contribution in [2.45, 2.75) is 37.8 Å². The fourth-order valence-electron chi connectivity index (χ4n) is 4.37. The summed E-state index contributed by atoms with van der Waals surface area (Å²) in [6.45, 7) is 3.73. The molecule has 0 bridgehead atoms. The Morgan fingerprint density at radius 3 is 2.73 bits per heavy atom. The molecular formula is C21H24ClN3O. The van der Waals surface area contributed by atoms with Crippen molar-refractivity contribution in [2.75, 3.05) is 19.6 Å². The second kappa shape index (κ2) is 7.37. The SMILES string of the molecule is O=C(Cc1ccc(Cl)cc1)N1CCC2(CCCN2Cc2cccnc2)C1. The molecule has 1 aromatic carbocycles. The highest BCUT2D eigenvalue weighted by molar-refractivity contribution is 6.30. The van der Waals surface area contributed by atoms with E-state index in [9.17, 15) is 4.79 Å². The average molecular weight is 370 g/mol. The quantitative estimate of drug-likeness (QED) is 0.827. The third kappa shape index (κ3) is 3.62. The highest BCUT2D eigenvalue weighted by atomic mass is 35.5. The Balaban J connectivity index is 1.41. The minimum Gasteiger partial charge on any atom is -0.340 e. The number of likely N-dealkylation sites (tertiary alicyclic amines) is 2. The molecular weight excluding hydrogens is 346 g/mol. The molecule has 1 unspecified atom stereocenters. The van der Waals surface area contributed by atoms with E-state index in [-0.39, 0.29) is 11.4 Å². The minimum atomic E-state index is 0.144. The second-order valence-electron chi connectivity index (χ2n) is 7.48. The molecule has 26 heavy (non-hydrogen) atoms. The van der Waals surface area contributed by atoms with E-state index in [2.05, 4.69) is 20.9 Å². The van der Waals surface area contributed by atoms with Crippen molar-refractivity contribution in [3.63, 3.8) is 0 Å². The standard InChI is InChI=1S/C21H24ClN3O/c22-19-6-4-17(5-7-19)13-20(26)24-12-9-21(16-24)8-2-11-25(21)15-18-3-1-10-23-14-18/h1,3-7,10,14H,2,8-9,11-13,15-16H2. The van der Waals surface area contributed by atoms with Crippen molar-refractivity contribution in [3.8, 4) is 0 Å². The van der Waals surface area contributed by atoms with Gasteiger partial charge in [-0.1, -0.05) is 29.8 Å². The van der Waals surface area contributed by atoms with E-state index >= 15 is 0 Å². The number of rotatable bonds is 4. The zero-order chi connectivity index (χ0) is 18.0. The van der Waals surface area contributed by atoms with E-state index in [1.54, 1.807) is 0 Å². The van der Waals surface area contributed by atoms with Crippen molar-refractivity contribution in [1.82, 2.24) is 14.8 Å². The smallest absolute Gasteiger partial charge is 0.227 e. The lowest BCUT2D eigenvalue weighted by molar-refractivity contribution is -0.129. The van der Waals surface area contributed by atoms with Crippen LogP contribution >= 0.6 is 11.6 Å². The number of carbonyl (C=O) groups excluding carboxylic acids is 1. The van der Waals surface area contributed by atoms with Gasteiger partial charge in [-0.05, 0) is 55.1 Å². The first-order valence-corrected chi connectivity index (χ1v) is 9.69. The maximum atomic E-state index is 12.8. The molecule has 136 valence electrons. The molecule has 3 heterocycles. The van der Waals surface area contributed by atoms with Gasteiger partial charge in [0.25, 0.3) is 0 Å². The van der Waals surface area contributed by atoms with E-state index in [1.165, 1.54) is 18.4 Å². The van der Waals surface area contributed by atoms with Gasteiger partial charge in [0.15, 0.2) is 0 Å². The predicted molar refractivity (Wildman–Crippen MR) is 103 cm³/mol. The fraction of sp³-hybridized carbons (Fsp3) is 0.429. The number of carbonyl (C=O) groups is 1. The third-order valence-corrected chi connectivity index (χ3v) is 6.04. The second-order valence-corrected chi connectivity index (χ2v) is 7.92. The molecule has 1 spiro atoms. The van der Waals surface area contributed by atoms with Crippen LogP contribution in [0.2, 0.25) is 5.02 Å². The summed E-state index contributed by atoms with van der Waals surface area (Å²) in [5.74, 6) is 0.220. The molecule has 1 aromatic heterocycles. The summed E-state index contributed by atoms with van der Waals surface area (Å²) < 4.78 is 0. The Morgan fingerprint density at radius 2 is 1.96 bits per heavy atom. The Labute approximate surface area is 159 Å². The number of pyridine rings is 1. The fourth-order valence-corrected chi connectivity index (χ4v) is 4.50. The topological polar surface area (TPSA) is 36.4 Å². The molecule has 2 saturated heterocycles. The third-order valence-electron chi connectivity index (χ3n) is 5.79. The van der Waals surface area contributed by atoms with Crippen LogP contribution in [0.15, 0.2) is 48.8 Å². The van der Waals surface area contributed by atoms with Gasteiger partial charge in [-0.3, -0.25) is 14.7 Å². The van der Waals surface area contributed by atoms with Crippen LogP contribution in [0.1, 0.15) is 30.4 Å². The molecule has 0 saturated carbocycles. The van der Waals surface area contributed by atoms with Gasteiger partial charge >= 0.3 is 0 Å². The number of hydrogen-bond acceptors (Lipinski definition) is 3. The van der Waals surface area contributed by atoms with Crippen LogP contribution in [-0.4, -0.2) is 45.9 Å². The van der Waals surface area contributed by atoms with Crippen LogP contribution in [0.3, 0.4) is 0 Å². The van der Waals surface area contributed by atoms with Crippen LogP contribution in [0.5, 0.6) is 0 Å². The molecule has 1 atom stereocenters. The summed E-state index contributed by atoms with van der Waals surface area (Å²) in [4.78, 5) is 21.6. The van der Waals surface area contributed by atoms with E-state index in [0.29, 0.717) is 11.4 Å². The van der Waals surface area contributed by atoms with Gasteiger partial charge in [-0.25, -0.2) is 0 Å². The van der Waals surface area contributed by atoms with Gasteiger partial charge < -0.3 is 4.90 Å². The summed E-state index contributed by atoms with van der Waals surface area (Å²) in [5.41, 5.74) is 2.42. The molecule has 2 aromatic rings. The van der Waals surface area contributed by atoms with E-state index < -0.39 is 0 Å². The number of hydrogen-bond donors (Lipinski definition) is 0. The molecule has 4 nitrogen and oxygen atoms in total. The number of halogens is 1. The molecule has 0 aliphatic carbocycles. The highest BCUT2D eigenvalue weighted by Gasteiger charge is 2.46. The van der Waals surface area contributed by atoms with Crippen LogP contribution in [0, 0.1) is 0 Å². The van der Waals surface area contributed by atoms with Crippen LogP contribution in [0.25, 0.3) is 0 Å². The maximum absolute atomic E-state index is 12.8. The number of nitrogens with zero attached hydrogens (tertiary/aromatic N) is 3. The molecule has 0 radical (unpaired) electrons. The zero-order valence-corrected chi connectivity index (χ0v) is 15.7. The summed E-state index contributed by atoms with van der Waals surface area (Å²) in [5, 5.41) is 0.707. The number of amides is 1. The Hall–Kier alpha value is -1.91. The van der Waals surface area contributed by atoms with Gasteiger partial charge in [0.05, 0.1) is 6.42 Å². The van der Waals surface area contributed by atoms with Gasteiger partial charge in [-0.15, -0.1) is 0 Å². The Bertz CT molecular complexity index is 765. The van der Waals surface area contributed by atoms with E-state index in [1.807, 2.05) is 42.7 Å². The lowest BCUT2D eigenvalue weighted by Crippen LogP contribution is -2.46. The average Bonchev–Trinajstić information content (AvgIpc) is 3.26. The number of aromatic nitrogens is 1. The lowest BCUT2D eigenvalue weighted by Gasteiger charge is -2.35. The van der Waals surface area contributed by atoms with Crippen LogP contribution < -0.4 is 0 Å². The van der Waals surface area contributed by atoms with Crippen molar-refractivity contribution in [2.24, 2.45) is 0 Å². The van der Waals surface area contributed by atoms with Gasteiger partial charge in [-0.2, -0.15) is 0 Å². The zero-order valence-electron chi connectivity index (χ0n) is 14.9. The normalized spacial score (nSPS) is 23.0. The summed E-state index contributed by atoms with van der Waals surface area (Å²) in [6, 6.07) is 11.7. The Kier molecular flexibility index (Phi) is 4.96. The van der Waals surface area contributed by atoms with Gasteiger partial charge in [0, 0.05) is 42.6 Å². The highest BCUT2D eigenvalue weighted by Crippen LogP contribution is 2.38. The van der Waals surface area contributed by atoms with E-state index in [4.69, 9.17) is 11.6 Å². The van der Waals surface area contributed by atoms with Crippen LogP contribution in [-0.2, 0) is 17.8 Å². The van der Waals surface area contributed by atoms with E-state index in [0.717, 1.165) is 38.2 Å². The number of benzene rings is 1. The van der Waals surface area contributed by atoms with Crippen molar-refractivity contribution in [1.29, 1.82) is 0 Å². The molecule has 5 heteroatoms. The first-order valence-electron chi connectivity index (χ1n) is 9.31. The van der Waals surface area contributed by atoms with Crippen molar-refractivity contribution >= 4 is 17.5 Å². The molecule has 1 amide bonds. The summed E-state index contributed by atoms with van der Waals surface area (Å²) in [7, 11) is 0. The minimum absolute atomic E-state index is 0.144. The summed E-state index contributed by atoms with van der Waals surface area (Å²) >= 11 is 5.93. The predicted octanol–water partition coefficient (Wildman–Crippen LogP) is 3.54. The van der Waals surface area contributed by atoms with Gasteiger partial charge in [0.1, 0.15) is 0 Å². The Morgan fingerprint density at radius 1 is 1.12 bits per heavy atom. The van der Waals surface area contributed by atoms with Crippen molar-refractivity contribution < 1.29 is 4.79 Å². The first-order chi connectivity index (χ1) is 12.6. The largest absolute Gasteiger partial charge is 0.340 e. The lowest BCUT2D eigenvalue weighted by atomic mass is 9.95. The molecule has 4 rings (SSSR count). The maximum Gasteiger partial charge on any atom is 0.227 e. The molecule has 2 fully saturated rings.